The number of aromatic nitrogens is 2. The van der Waals surface area contributed by atoms with Crippen LogP contribution in [-0.2, 0) is 4.74 Å². The molecular weight excluding hydrogens is 316 g/mol. The second kappa shape index (κ2) is 6.15. The molecule has 3 rings (SSSR count). The Balaban J connectivity index is 1.64. The first-order chi connectivity index (χ1) is 10.8. The molecule has 0 spiro atoms. The summed E-state index contributed by atoms with van der Waals surface area (Å²) in [5.74, 6) is 1.73. The van der Waals surface area contributed by atoms with Crippen molar-refractivity contribution in [3.63, 3.8) is 0 Å². The molecule has 3 heterocycles. The molecule has 23 heavy (non-hydrogen) atoms. The summed E-state index contributed by atoms with van der Waals surface area (Å²) in [6.45, 7) is 8.94. The van der Waals surface area contributed by atoms with Crippen molar-refractivity contribution in [2.75, 3.05) is 31.1 Å². The van der Waals surface area contributed by atoms with Crippen LogP contribution in [0.15, 0.2) is 12.1 Å². The fourth-order valence-corrected chi connectivity index (χ4v) is 3.52. The number of nitrogens with zero attached hydrogens (tertiary/aromatic N) is 4. The molecule has 0 N–H and O–H groups in total. The second-order valence-electron chi connectivity index (χ2n) is 7.47. The zero-order valence-corrected chi connectivity index (χ0v) is 14.6. The van der Waals surface area contributed by atoms with Crippen molar-refractivity contribution in [3.8, 4) is 0 Å². The summed E-state index contributed by atoms with van der Waals surface area (Å²) in [5.41, 5.74) is -0.450. The first-order valence-electron chi connectivity index (χ1n) is 8.02. The molecule has 2 fully saturated rings. The smallest absolute Gasteiger partial charge is 0.410 e. The van der Waals surface area contributed by atoms with E-state index in [0.29, 0.717) is 17.0 Å². The minimum absolute atomic E-state index is 0.202. The zero-order chi connectivity index (χ0) is 16.6. The molecule has 2 aliphatic heterocycles. The number of carbonyl (C=O) groups excluding carboxylic acids is 1. The Bertz CT molecular complexity index is 558. The van der Waals surface area contributed by atoms with Crippen LogP contribution >= 0.6 is 11.6 Å². The second-order valence-corrected chi connectivity index (χ2v) is 7.86. The number of ether oxygens (including phenoxy) is 1. The molecule has 0 radical (unpaired) electrons. The van der Waals surface area contributed by atoms with Gasteiger partial charge in [-0.05, 0) is 51.2 Å². The first-order valence-corrected chi connectivity index (χ1v) is 8.40. The number of likely N-dealkylation sites (tertiary alicyclic amines) is 1. The minimum atomic E-state index is -0.450. The number of amides is 1. The number of rotatable bonds is 1. The number of halogens is 1. The van der Waals surface area contributed by atoms with Gasteiger partial charge in [0.2, 0.25) is 0 Å². The van der Waals surface area contributed by atoms with Crippen LogP contribution in [0.5, 0.6) is 0 Å². The summed E-state index contributed by atoms with van der Waals surface area (Å²) in [5, 5.41) is 8.50. The van der Waals surface area contributed by atoms with E-state index in [0.717, 1.165) is 38.4 Å². The van der Waals surface area contributed by atoms with E-state index in [9.17, 15) is 4.79 Å². The lowest BCUT2D eigenvalue weighted by atomic mass is 9.85. The largest absolute Gasteiger partial charge is 0.444 e. The maximum Gasteiger partial charge on any atom is 0.410 e. The van der Waals surface area contributed by atoms with Crippen molar-refractivity contribution < 1.29 is 9.53 Å². The average molecular weight is 339 g/mol. The maximum absolute atomic E-state index is 12.3. The highest BCUT2D eigenvalue weighted by Crippen LogP contribution is 2.31. The lowest BCUT2D eigenvalue weighted by Gasteiger charge is -2.46. The zero-order valence-electron chi connectivity index (χ0n) is 13.8. The van der Waals surface area contributed by atoms with E-state index < -0.39 is 5.60 Å². The molecular formula is C16H23ClN4O2. The third kappa shape index (κ3) is 4.05. The number of hydrogen-bond donors (Lipinski definition) is 0. The summed E-state index contributed by atoms with van der Waals surface area (Å²) in [7, 11) is 0. The molecule has 126 valence electrons. The fourth-order valence-electron chi connectivity index (χ4n) is 3.42. The lowest BCUT2D eigenvalue weighted by molar-refractivity contribution is 0.00758. The molecule has 0 aromatic carbocycles. The summed E-state index contributed by atoms with van der Waals surface area (Å²) < 4.78 is 5.50. The SMILES string of the molecule is CC(C)(C)OC(=O)N1CC2CC(C1)CN(c1ccc(Cl)nn1)C2. The minimum Gasteiger partial charge on any atom is -0.444 e. The molecule has 0 aliphatic carbocycles. The van der Waals surface area contributed by atoms with Crippen LogP contribution < -0.4 is 4.90 Å². The maximum atomic E-state index is 12.3. The van der Waals surface area contributed by atoms with E-state index in [-0.39, 0.29) is 6.09 Å². The Labute approximate surface area is 141 Å². The molecule has 2 bridgehead atoms. The topological polar surface area (TPSA) is 58.6 Å². The number of anilines is 1. The Kier molecular flexibility index (Phi) is 4.36. The van der Waals surface area contributed by atoms with Crippen LogP contribution in [0.1, 0.15) is 27.2 Å². The molecule has 0 saturated carbocycles. The molecule has 2 atom stereocenters. The molecule has 7 heteroatoms. The average Bonchev–Trinajstić information content (AvgIpc) is 2.45. The first kappa shape index (κ1) is 16.3. The van der Waals surface area contributed by atoms with Gasteiger partial charge in [0.25, 0.3) is 0 Å². The van der Waals surface area contributed by atoms with E-state index in [1.54, 1.807) is 6.07 Å². The van der Waals surface area contributed by atoms with Crippen LogP contribution in [0, 0.1) is 11.8 Å². The van der Waals surface area contributed by atoms with Crippen molar-refractivity contribution in [1.29, 1.82) is 0 Å². The van der Waals surface area contributed by atoms with Gasteiger partial charge in [0, 0.05) is 26.2 Å². The molecule has 2 saturated heterocycles. The van der Waals surface area contributed by atoms with Crippen molar-refractivity contribution in [2.24, 2.45) is 11.8 Å². The Morgan fingerprint density at radius 1 is 1.17 bits per heavy atom. The molecule has 1 aromatic rings. The van der Waals surface area contributed by atoms with Gasteiger partial charge in [-0.3, -0.25) is 0 Å². The van der Waals surface area contributed by atoms with Gasteiger partial charge in [0.1, 0.15) is 5.60 Å². The highest BCUT2D eigenvalue weighted by atomic mass is 35.5. The Morgan fingerprint density at radius 2 is 1.83 bits per heavy atom. The number of fused-ring (bicyclic) bond motifs is 2. The quantitative estimate of drug-likeness (QED) is 0.788. The molecule has 1 aromatic heterocycles. The molecule has 2 unspecified atom stereocenters. The molecule has 2 aliphatic rings. The van der Waals surface area contributed by atoms with Gasteiger partial charge in [-0.1, -0.05) is 11.6 Å². The number of piperidine rings is 2. The highest BCUT2D eigenvalue weighted by molar-refractivity contribution is 6.29. The predicted molar refractivity (Wildman–Crippen MR) is 88.7 cm³/mol. The lowest BCUT2D eigenvalue weighted by Crippen LogP contribution is -2.55. The van der Waals surface area contributed by atoms with Gasteiger partial charge in [-0.15, -0.1) is 10.2 Å². The van der Waals surface area contributed by atoms with Crippen LogP contribution in [0.25, 0.3) is 0 Å². The summed E-state index contributed by atoms with van der Waals surface area (Å²) in [6.07, 6.45) is 0.948. The van der Waals surface area contributed by atoms with Gasteiger partial charge >= 0.3 is 6.09 Å². The van der Waals surface area contributed by atoms with Crippen molar-refractivity contribution in [3.05, 3.63) is 17.3 Å². The van der Waals surface area contributed by atoms with E-state index in [1.807, 2.05) is 31.7 Å². The van der Waals surface area contributed by atoms with Crippen molar-refractivity contribution in [2.45, 2.75) is 32.8 Å². The highest BCUT2D eigenvalue weighted by Gasteiger charge is 2.37. The normalized spacial score (nSPS) is 24.5. The standard InChI is InChI=1S/C16H23ClN4O2/c1-16(2,3)23-15(22)21-9-11-6-12(10-21)8-20(7-11)14-5-4-13(17)18-19-14/h4-5,11-12H,6-10H2,1-3H3. The van der Waals surface area contributed by atoms with E-state index in [2.05, 4.69) is 15.1 Å². The summed E-state index contributed by atoms with van der Waals surface area (Å²) in [6, 6.07) is 3.67. The number of hydrogen-bond acceptors (Lipinski definition) is 5. The Morgan fingerprint density at radius 3 is 2.35 bits per heavy atom. The third-order valence-electron chi connectivity index (χ3n) is 4.17. The van der Waals surface area contributed by atoms with Crippen LogP contribution in [0.2, 0.25) is 5.15 Å². The van der Waals surface area contributed by atoms with Gasteiger partial charge in [0.15, 0.2) is 11.0 Å². The van der Waals surface area contributed by atoms with E-state index in [1.165, 1.54) is 0 Å². The molecule has 6 nitrogen and oxygen atoms in total. The van der Waals surface area contributed by atoms with Gasteiger partial charge in [-0.2, -0.15) is 0 Å². The summed E-state index contributed by atoms with van der Waals surface area (Å²) in [4.78, 5) is 16.4. The Hall–Kier alpha value is -1.56. The fraction of sp³-hybridized carbons (Fsp3) is 0.688. The monoisotopic (exact) mass is 338 g/mol. The predicted octanol–water partition coefficient (Wildman–Crippen LogP) is 2.82. The number of carbonyl (C=O) groups is 1. The van der Waals surface area contributed by atoms with Crippen molar-refractivity contribution >= 4 is 23.5 Å². The van der Waals surface area contributed by atoms with Crippen LogP contribution in [0.4, 0.5) is 10.6 Å². The van der Waals surface area contributed by atoms with E-state index in [4.69, 9.17) is 16.3 Å². The molecule has 1 amide bonds. The van der Waals surface area contributed by atoms with E-state index >= 15 is 0 Å². The van der Waals surface area contributed by atoms with Crippen LogP contribution in [-0.4, -0.2) is 53.0 Å². The summed E-state index contributed by atoms with van der Waals surface area (Å²) >= 11 is 5.80. The van der Waals surface area contributed by atoms with Crippen molar-refractivity contribution in [1.82, 2.24) is 15.1 Å². The van der Waals surface area contributed by atoms with Gasteiger partial charge < -0.3 is 14.5 Å². The van der Waals surface area contributed by atoms with Gasteiger partial charge in [-0.25, -0.2) is 4.79 Å². The van der Waals surface area contributed by atoms with Gasteiger partial charge in [0.05, 0.1) is 0 Å². The van der Waals surface area contributed by atoms with Crippen LogP contribution in [0.3, 0.4) is 0 Å². The third-order valence-corrected chi connectivity index (χ3v) is 4.38.